The lowest BCUT2D eigenvalue weighted by Crippen LogP contribution is -2.00. The van der Waals surface area contributed by atoms with Gasteiger partial charge in [0, 0.05) is 23.7 Å². The van der Waals surface area contributed by atoms with Crippen LogP contribution in [0.5, 0.6) is 0 Å². The standard InChI is InChI=1S/C15H14N4/c1-2-17-15-10-16-9-14(19-15)12-5-3-7-13-11(12)6-4-8-18-13/h3-10H,2H2,1H3,(H,17,19). The van der Waals surface area contributed by atoms with E-state index < -0.39 is 0 Å². The Kier molecular flexibility index (Phi) is 3.06. The summed E-state index contributed by atoms with van der Waals surface area (Å²) >= 11 is 0. The third kappa shape index (κ3) is 2.25. The summed E-state index contributed by atoms with van der Waals surface area (Å²) in [6, 6.07) is 10.0. The first-order valence-corrected chi connectivity index (χ1v) is 6.28. The minimum atomic E-state index is 0.792. The van der Waals surface area contributed by atoms with Crippen LogP contribution < -0.4 is 5.32 Å². The maximum atomic E-state index is 4.58. The highest BCUT2D eigenvalue weighted by molar-refractivity contribution is 5.93. The molecule has 0 radical (unpaired) electrons. The Labute approximate surface area is 111 Å². The number of anilines is 1. The van der Waals surface area contributed by atoms with E-state index in [1.165, 1.54) is 0 Å². The Morgan fingerprint density at radius 3 is 2.95 bits per heavy atom. The van der Waals surface area contributed by atoms with Crippen LogP contribution in [0.4, 0.5) is 5.82 Å². The minimum Gasteiger partial charge on any atom is -0.369 e. The summed E-state index contributed by atoms with van der Waals surface area (Å²) < 4.78 is 0. The van der Waals surface area contributed by atoms with Crippen LogP contribution in [-0.2, 0) is 0 Å². The molecule has 2 heterocycles. The predicted molar refractivity (Wildman–Crippen MR) is 76.9 cm³/mol. The number of fused-ring (bicyclic) bond motifs is 1. The fourth-order valence-electron chi connectivity index (χ4n) is 2.09. The van der Waals surface area contributed by atoms with Crippen molar-refractivity contribution in [2.24, 2.45) is 0 Å². The van der Waals surface area contributed by atoms with Crippen molar-refractivity contribution < 1.29 is 0 Å². The van der Waals surface area contributed by atoms with E-state index >= 15 is 0 Å². The molecule has 1 aromatic carbocycles. The number of aromatic nitrogens is 3. The molecule has 0 amide bonds. The van der Waals surface area contributed by atoms with Crippen LogP contribution in [0.1, 0.15) is 6.92 Å². The molecule has 0 spiro atoms. The highest BCUT2D eigenvalue weighted by atomic mass is 15.0. The molecule has 1 N–H and O–H groups in total. The fourth-order valence-corrected chi connectivity index (χ4v) is 2.09. The first kappa shape index (κ1) is 11.6. The van der Waals surface area contributed by atoms with Crippen molar-refractivity contribution in [3.05, 3.63) is 48.9 Å². The van der Waals surface area contributed by atoms with Crippen LogP contribution in [0.3, 0.4) is 0 Å². The van der Waals surface area contributed by atoms with Gasteiger partial charge < -0.3 is 5.32 Å². The van der Waals surface area contributed by atoms with Crippen molar-refractivity contribution in [3.8, 4) is 11.3 Å². The minimum absolute atomic E-state index is 0.792. The SMILES string of the molecule is CCNc1cncc(-c2cccc3ncccc23)n1. The van der Waals surface area contributed by atoms with Crippen LogP contribution >= 0.6 is 0 Å². The molecular weight excluding hydrogens is 236 g/mol. The van der Waals surface area contributed by atoms with Gasteiger partial charge in [-0.25, -0.2) is 4.98 Å². The Bertz CT molecular complexity index is 704. The van der Waals surface area contributed by atoms with Crippen molar-refractivity contribution in [2.45, 2.75) is 6.92 Å². The van der Waals surface area contributed by atoms with Crippen LogP contribution in [0.2, 0.25) is 0 Å². The van der Waals surface area contributed by atoms with Crippen LogP contribution in [-0.4, -0.2) is 21.5 Å². The molecule has 4 nitrogen and oxygen atoms in total. The van der Waals surface area contributed by atoms with E-state index in [2.05, 4.69) is 26.3 Å². The van der Waals surface area contributed by atoms with Gasteiger partial charge in [0.15, 0.2) is 0 Å². The summed E-state index contributed by atoms with van der Waals surface area (Å²) in [5, 5.41) is 4.27. The first-order valence-electron chi connectivity index (χ1n) is 6.28. The van der Waals surface area contributed by atoms with E-state index in [0.29, 0.717) is 0 Å². The van der Waals surface area contributed by atoms with Crippen molar-refractivity contribution >= 4 is 16.7 Å². The zero-order valence-electron chi connectivity index (χ0n) is 10.7. The molecule has 0 atom stereocenters. The van der Waals surface area contributed by atoms with E-state index in [9.17, 15) is 0 Å². The molecule has 0 saturated heterocycles. The summed E-state index contributed by atoms with van der Waals surface area (Å²) in [6.45, 7) is 2.87. The molecular formula is C15H14N4. The Hall–Kier alpha value is -2.49. The third-order valence-electron chi connectivity index (χ3n) is 2.91. The maximum Gasteiger partial charge on any atom is 0.145 e. The van der Waals surface area contributed by atoms with Crippen LogP contribution in [0.15, 0.2) is 48.9 Å². The van der Waals surface area contributed by atoms with E-state index in [1.54, 1.807) is 18.6 Å². The van der Waals surface area contributed by atoms with Crippen molar-refractivity contribution in [1.29, 1.82) is 0 Å². The molecule has 3 rings (SSSR count). The molecule has 0 aliphatic rings. The second-order valence-electron chi connectivity index (χ2n) is 4.20. The summed E-state index contributed by atoms with van der Waals surface area (Å²) in [5.74, 6) is 0.792. The highest BCUT2D eigenvalue weighted by Gasteiger charge is 2.06. The maximum absolute atomic E-state index is 4.58. The smallest absolute Gasteiger partial charge is 0.145 e. The van der Waals surface area contributed by atoms with Gasteiger partial charge in [-0.15, -0.1) is 0 Å². The number of hydrogen-bond donors (Lipinski definition) is 1. The summed E-state index contributed by atoms with van der Waals surface area (Å²) in [7, 11) is 0. The topological polar surface area (TPSA) is 50.7 Å². The van der Waals surface area contributed by atoms with Crippen LogP contribution in [0, 0.1) is 0 Å². The number of nitrogens with one attached hydrogen (secondary N) is 1. The van der Waals surface area contributed by atoms with Gasteiger partial charge in [-0.1, -0.05) is 18.2 Å². The van der Waals surface area contributed by atoms with E-state index in [1.807, 2.05) is 31.2 Å². The van der Waals surface area contributed by atoms with Gasteiger partial charge in [-0.2, -0.15) is 0 Å². The number of hydrogen-bond acceptors (Lipinski definition) is 4. The van der Waals surface area contributed by atoms with Crippen LogP contribution in [0.25, 0.3) is 22.2 Å². The Balaban J connectivity index is 2.16. The highest BCUT2D eigenvalue weighted by Crippen LogP contribution is 2.26. The van der Waals surface area contributed by atoms with Gasteiger partial charge >= 0.3 is 0 Å². The van der Waals surface area contributed by atoms with Gasteiger partial charge in [0.25, 0.3) is 0 Å². The lowest BCUT2D eigenvalue weighted by Gasteiger charge is -2.07. The molecule has 0 bridgehead atoms. The van der Waals surface area contributed by atoms with Gasteiger partial charge in [0.1, 0.15) is 5.82 Å². The van der Waals surface area contributed by atoms with Gasteiger partial charge in [0.05, 0.1) is 23.6 Å². The molecule has 0 saturated carbocycles. The van der Waals surface area contributed by atoms with E-state index in [4.69, 9.17) is 0 Å². The monoisotopic (exact) mass is 250 g/mol. The third-order valence-corrected chi connectivity index (χ3v) is 2.91. The van der Waals surface area contributed by atoms with Crippen molar-refractivity contribution in [2.75, 3.05) is 11.9 Å². The number of pyridine rings is 1. The Morgan fingerprint density at radius 2 is 2.05 bits per heavy atom. The molecule has 94 valence electrons. The molecule has 2 aromatic heterocycles. The molecule has 3 aromatic rings. The quantitative estimate of drug-likeness (QED) is 0.776. The molecule has 0 aliphatic heterocycles. The molecule has 0 fully saturated rings. The van der Waals surface area contributed by atoms with Gasteiger partial charge in [-0.05, 0) is 19.1 Å². The van der Waals surface area contributed by atoms with E-state index in [-0.39, 0.29) is 0 Å². The zero-order valence-corrected chi connectivity index (χ0v) is 10.7. The number of rotatable bonds is 3. The first-order chi connectivity index (χ1) is 9.38. The predicted octanol–water partition coefficient (Wildman–Crippen LogP) is 3.12. The zero-order chi connectivity index (χ0) is 13.1. The van der Waals surface area contributed by atoms with Gasteiger partial charge in [-0.3, -0.25) is 9.97 Å². The molecule has 19 heavy (non-hydrogen) atoms. The van der Waals surface area contributed by atoms with Crippen molar-refractivity contribution in [3.63, 3.8) is 0 Å². The number of benzene rings is 1. The normalized spacial score (nSPS) is 10.6. The van der Waals surface area contributed by atoms with Gasteiger partial charge in [0.2, 0.25) is 0 Å². The summed E-state index contributed by atoms with van der Waals surface area (Å²) in [6.07, 6.45) is 5.31. The second kappa shape index (κ2) is 5.02. The fraction of sp³-hybridized carbons (Fsp3) is 0.133. The molecule has 0 unspecified atom stereocenters. The largest absolute Gasteiger partial charge is 0.369 e. The average Bonchev–Trinajstić information content (AvgIpc) is 2.47. The average molecular weight is 250 g/mol. The second-order valence-corrected chi connectivity index (χ2v) is 4.20. The lowest BCUT2D eigenvalue weighted by molar-refractivity contribution is 1.13. The number of nitrogens with zero attached hydrogens (tertiary/aromatic N) is 3. The summed E-state index contributed by atoms with van der Waals surface area (Å²) in [4.78, 5) is 13.2. The van der Waals surface area contributed by atoms with E-state index in [0.717, 1.165) is 34.5 Å². The lowest BCUT2D eigenvalue weighted by atomic mass is 10.1. The van der Waals surface area contributed by atoms with Crippen molar-refractivity contribution in [1.82, 2.24) is 15.0 Å². The molecule has 4 heteroatoms. The Morgan fingerprint density at radius 1 is 1.11 bits per heavy atom. The molecule has 0 aliphatic carbocycles. The summed E-state index contributed by atoms with van der Waals surface area (Å²) in [5.41, 5.74) is 2.88.